The van der Waals surface area contributed by atoms with Gasteiger partial charge in [-0.15, -0.1) is 0 Å². The van der Waals surface area contributed by atoms with Crippen LogP contribution in [0.1, 0.15) is 37.8 Å². The van der Waals surface area contributed by atoms with Crippen molar-refractivity contribution in [3.05, 3.63) is 65.7 Å². The Labute approximate surface area is 248 Å². The first-order chi connectivity index (χ1) is 19.4. The number of amides is 2. The van der Waals surface area contributed by atoms with Crippen molar-refractivity contribution in [3.63, 3.8) is 0 Å². The summed E-state index contributed by atoms with van der Waals surface area (Å²) in [6, 6.07) is 16.3. The molecule has 2 aromatic carbocycles. The van der Waals surface area contributed by atoms with E-state index in [0.717, 1.165) is 16.8 Å². The Morgan fingerprint density at radius 1 is 1.02 bits per heavy atom. The van der Waals surface area contributed by atoms with Crippen LogP contribution in [0.15, 0.2) is 54.6 Å². The second-order valence-electron chi connectivity index (χ2n) is 11.4. The molecular formula is C28H40N4O8S2. The van der Waals surface area contributed by atoms with E-state index in [9.17, 15) is 26.4 Å². The number of carbonyl (C=O) groups excluding carboxylic acids is 2. The Balaban J connectivity index is 0.000000892. The zero-order chi connectivity index (χ0) is 31.3. The van der Waals surface area contributed by atoms with Gasteiger partial charge in [-0.05, 0) is 43.9 Å². The molecule has 1 saturated heterocycles. The van der Waals surface area contributed by atoms with Crippen molar-refractivity contribution in [2.24, 2.45) is 5.73 Å². The van der Waals surface area contributed by atoms with E-state index < -0.39 is 37.6 Å². The molecule has 0 aliphatic carbocycles. The van der Waals surface area contributed by atoms with Crippen molar-refractivity contribution < 1.29 is 35.7 Å². The molecule has 0 unspecified atom stereocenters. The number of carbonyl (C=O) groups is 2. The zero-order valence-electron chi connectivity index (χ0n) is 24.3. The normalized spacial score (nSPS) is 17.2. The fraction of sp³-hybridized carbons (Fsp3) is 0.500. The lowest BCUT2D eigenvalue weighted by molar-refractivity contribution is -0.140. The van der Waals surface area contributed by atoms with Crippen LogP contribution in [0, 0.1) is 0 Å². The summed E-state index contributed by atoms with van der Waals surface area (Å²) in [5.41, 5.74) is 7.16. The largest absolute Gasteiger partial charge is 0.374 e. The highest BCUT2D eigenvalue weighted by Crippen LogP contribution is 2.47. The number of ether oxygens (including phenoxy) is 1. The monoisotopic (exact) mass is 624 g/mol. The summed E-state index contributed by atoms with van der Waals surface area (Å²) >= 11 is 0. The van der Waals surface area contributed by atoms with E-state index in [4.69, 9.17) is 15.0 Å². The summed E-state index contributed by atoms with van der Waals surface area (Å²) in [7, 11) is -7.09. The summed E-state index contributed by atoms with van der Waals surface area (Å²) in [6.07, 6.45) is 3.18. The predicted octanol–water partition coefficient (Wildman–Crippen LogP) is 1.27. The Kier molecular flexibility index (Phi) is 10.4. The smallest absolute Gasteiger partial charge is 0.261 e. The van der Waals surface area contributed by atoms with Gasteiger partial charge in [0.25, 0.3) is 10.1 Å². The molecule has 2 aromatic rings. The fourth-order valence-electron chi connectivity index (χ4n) is 5.07. The number of para-hydroxylation sites is 1. The van der Waals surface area contributed by atoms with Gasteiger partial charge in [-0.3, -0.25) is 18.4 Å². The Bertz CT molecular complexity index is 1460. The number of anilines is 1. The van der Waals surface area contributed by atoms with Crippen molar-refractivity contribution in [3.8, 4) is 0 Å². The van der Waals surface area contributed by atoms with Crippen molar-refractivity contribution in [2.75, 3.05) is 43.1 Å². The van der Waals surface area contributed by atoms with Crippen molar-refractivity contribution >= 4 is 37.6 Å². The summed E-state index contributed by atoms with van der Waals surface area (Å²) in [5.74, 6) is -0.664. The molecular weight excluding hydrogens is 584 g/mol. The third kappa shape index (κ3) is 8.98. The number of sulfonamides is 1. The minimum Gasteiger partial charge on any atom is -0.374 e. The predicted molar refractivity (Wildman–Crippen MR) is 160 cm³/mol. The summed E-state index contributed by atoms with van der Waals surface area (Å²) in [5, 5.41) is 2.78. The van der Waals surface area contributed by atoms with Crippen molar-refractivity contribution in [1.29, 1.82) is 0 Å². The van der Waals surface area contributed by atoms with Crippen LogP contribution in [0.3, 0.4) is 0 Å². The lowest BCUT2D eigenvalue weighted by atomic mass is 9.74. The maximum Gasteiger partial charge on any atom is 0.261 e. The average molecular weight is 625 g/mol. The molecule has 2 aliphatic heterocycles. The number of benzene rings is 2. The SMILES string of the molecule is CC(C)(N)C(=O)N[C@H](COCc1ccccc1)C(=O)N1CCC2(CC1)CN(S(C)(=O)=O)c1ccccc12.CS(=O)(=O)O. The maximum atomic E-state index is 13.6. The molecule has 4 rings (SSSR count). The highest BCUT2D eigenvalue weighted by atomic mass is 32.2. The third-order valence-electron chi connectivity index (χ3n) is 7.21. The molecule has 1 atom stereocenters. The molecule has 0 bridgehead atoms. The molecule has 232 valence electrons. The minimum absolute atomic E-state index is 0.0158. The standard InChI is InChI=1S/C27H36N4O5S.CH4O3S/c1-26(2,28)25(33)29-22(18-36-17-20-9-5-4-6-10-20)24(32)30-15-13-27(14-16-30)19-31(37(3,34)35)23-12-8-7-11-21(23)27;1-5(2,3)4/h4-12,22H,13-19,28H2,1-3H3,(H,29,33);1H3,(H,2,3,4)/t22-;/m1./s1. The van der Waals surface area contributed by atoms with Gasteiger partial charge in [-0.1, -0.05) is 48.5 Å². The summed E-state index contributed by atoms with van der Waals surface area (Å²) in [4.78, 5) is 27.9. The zero-order valence-corrected chi connectivity index (χ0v) is 25.9. The molecule has 2 aliphatic rings. The molecule has 4 N–H and O–H groups in total. The molecule has 0 aromatic heterocycles. The minimum atomic E-state index is -3.67. The summed E-state index contributed by atoms with van der Waals surface area (Å²) < 4.78 is 58.1. The fourth-order valence-corrected chi connectivity index (χ4v) is 6.07. The van der Waals surface area contributed by atoms with Gasteiger partial charge in [0.2, 0.25) is 21.8 Å². The van der Waals surface area contributed by atoms with Crippen LogP contribution in [-0.2, 0) is 46.5 Å². The van der Waals surface area contributed by atoms with E-state index in [1.807, 2.05) is 54.6 Å². The highest BCUT2D eigenvalue weighted by molar-refractivity contribution is 7.92. The number of nitrogens with zero attached hydrogens (tertiary/aromatic N) is 2. The van der Waals surface area contributed by atoms with Gasteiger partial charge in [0.1, 0.15) is 6.04 Å². The number of hydrogen-bond acceptors (Lipinski definition) is 8. The highest BCUT2D eigenvalue weighted by Gasteiger charge is 2.48. The Morgan fingerprint density at radius 3 is 2.12 bits per heavy atom. The van der Waals surface area contributed by atoms with Crippen LogP contribution in [0.2, 0.25) is 0 Å². The average Bonchev–Trinajstić information content (AvgIpc) is 3.22. The van der Waals surface area contributed by atoms with Crippen LogP contribution in [0.25, 0.3) is 0 Å². The van der Waals surface area contributed by atoms with Crippen molar-refractivity contribution in [1.82, 2.24) is 10.2 Å². The van der Waals surface area contributed by atoms with E-state index in [1.165, 1.54) is 10.6 Å². The van der Waals surface area contributed by atoms with E-state index in [0.29, 0.717) is 45.3 Å². The van der Waals surface area contributed by atoms with Gasteiger partial charge in [0.05, 0.1) is 37.0 Å². The third-order valence-corrected chi connectivity index (χ3v) is 8.33. The van der Waals surface area contributed by atoms with Crippen LogP contribution >= 0.6 is 0 Å². The van der Waals surface area contributed by atoms with Gasteiger partial charge in [0, 0.05) is 25.0 Å². The first-order valence-electron chi connectivity index (χ1n) is 13.4. The maximum absolute atomic E-state index is 13.6. The van der Waals surface area contributed by atoms with Gasteiger partial charge < -0.3 is 20.7 Å². The van der Waals surface area contributed by atoms with Crippen LogP contribution in [0.5, 0.6) is 0 Å². The van der Waals surface area contributed by atoms with Crippen LogP contribution in [-0.4, -0.2) is 88.4 Å². The lowest BCUT2D eigenvalue weighted by Gasteiger charge is -2.41. The Hall–Kier alpha value is -3.04. The number of nitrogens with two attached hydrogens (primary N) is 1. The number of hydrogen-bond donors (Lipinski definition) is 3. The molecule has 1 fully saturated rings. The molecule has 42 heavy (non-hydrogen) atoms. The van der Waals surface area contributed by atoms with Gasteiger partial charge in [-0.25, -0.2) is 8.42 Å². The van der Waals surface area contributed by atoms with E-state index in [1.54, 1.807) is 18.7 Å². The number of likely N-dealkylation sites (tertiary alicyclic amines) is 1. The first kappa shape index (κ1) is 33.5. The molecule has 12 nitrogen and oxygen atoms in total. The number of rotatable bonds is 8. The topological polar surface area (TPSA) is 176 Å². The molecule has 2 amide bonds. The molecule has 14 heteroatoms. The van der Waals surface area contributed by atoms with Gasteiger partial charge in [0.15, 0.2) is 0 Å². The second-order valence-corrected chi connectivity index (χ2v) is 14.7. The quantitative estimate of drug-likeness (QED) is 0.365. The lowest BCUT2D eigenvalue weighted by Crippen LogP contribution is -2.59. The molecule has 0 radical (unpaired) electrons. The number of fused-ring (bicyclic) bond motifs is 2. The van der Waals surface area contributed by atoms with Gasteiger partial charge >= 0.3 is 0 Å². The van der Waals surface area contributed by atoms with Crippen LogP contribution < -0.4 is 15.4 Å². The molecule has 1 spiro atoms. The van der Waals surface area contributed by atoms with E-state index >= 15 is 0 Å². The Morgan fingerprint density at radius 2 is 1.57 bits per heavy atom. The number of piperidine rings is 1. The second kappa shape index (κ2) is 13.1. The molecule has 0 saturated carbocycles. The summed E-state index contributed by atoms with van der Waals surface area (Å²) in [6.45, 7) is 4.77. The van der Waals surface area contributed by atoms with E-state index in [2.05, 4.69) is 5.32 Å². The van der Waals surface area contributed by atoms with Gasteiger partial charge in [-0.2, -0.15) is 8.42 Å². The molecule has 2 heterocycles. The van der Waals surface area contributed by atoms with E-state index in [-0.39, 0.29) is 17.9 Å². The first-order valence-corrected chi connectivity index (χ1v) is 17.1. The van der Waals surface area contributed by atoms with Crippen LogP contribution in [0.4, 0.5) is 5.69 Å². The van der Waals surface area contributed by atoms with Crippen molar-refractivity contribution in [2.45, 2.75) is 50.3 Å². The number of nitrogens with one attached hydrogen (secondary N) is 1.